The number of hydrogen-bond acceptors (Lipinski definition) is 2. The Bertz CT molecular complexity index is 126. The zero-order valence-corrected chi connectivity index (χ0v) is 7.64. The zero-order valence-electron chi connectivity index (χ0n) is 7.64. The van der Waals surface area contributed by atoms with E-state index in [1.165, 1.54) is 0 Å². The zero-order chi connectivity index (χ0) is 8.91. The van der Waals surface area contributed by atoms with Gasteiger partial charge in [-0.2, -0.15) is 0 Å². The van der Waals surface area contributed by atoms with Crippen molar-refractivity contribution >= 4 is 5.97 Å². The molecule has 0 aliphatic carbocycles. The summed E-state index contributed by atoms with van der Waals surface area (Å²) < 4.78 is 4.89. The van der Waals surface area contributed by atoms with Gasteiger partial charge in [-0.1, -0.05) is 13.8 Å². The highest BCUT2D eigenvalue weighted by Gasteiger charge is 2.30. The molecule has 0 saturated carbocycles. The molecule has 0 aromatic rings. The second-order valence-electron chi connectivity index (χ2n) is 2.71. The maximum atomic E-state index is 11.2. The minimum absolute atomic E-state index is 0.176. The average Bonchev–Trinajstić information content (AvgIpc) is 2.03. The molecule has 0 aromatic carbocycles. The first kappa shape index (κ1) is 10.5. The van der Waals surface area contributed by atoms with Crippen molar-refractivity contribution in [2.45, 2.75) is 33.6 Å². The smallest absolute Gasteiger partial charge is 0.312 e. The second-order valence-corrected chi connectivity index (χ2v) is 2.71. The van der Waals surface area contributed by atoms with Crippen LogP contribution in [0.4, 0.5) is 0 Å². The molecule has 0 aliphatic heterocycles. The van der Waals surface area contributed by atoms with E-state index in [0.717, 1.165) is 12.8 Å². The lowest BCUT2D eigenvalue weighted by atomic mass is 9.85. The van der Waals surface area contributed by atoms with Crippen molar-refractivity contribution in [1.82, 2.24) is 0 Å². The van der Waals surface area contributed by atoms with Gasteiger partial charge in [-0.05, 0) is 26.7 Å². The van der Waals surface area contributed by atoms with Crippen molar-refractivity contribution in [3.63, 3.8) is 0 Å². The Kier molecular flexibility index (Phi) is 4.16. The van der Waals surface area contributed by atoms with E-state index < -0.39 is 5.41 Å². The third kappa shape index (κ3) is 2.52. The number of rotatable bonds is 4. The largest absolute Gasteiger partial charge is 0.466 e. The van der Waals surface area contributed by atoms with Crippen LogP contribution in [0.25, 0.3) is 0 Å². The molecule has 0 fully saturated rings. The van der Waals surface area contributed by atoms with Gasteiger partial charge in [-0.15, -0.1) is 0 Å². The summed E-state index contributed by atoms with van der Waals surface area (Å²) in [4.78, 5) is 11.2. The topological polar surface area (TPSA) is 26.3 Å². The van der Waals surface area contributed by atoms with Gasteiger partial charge in [0.1, 0.15) is 0 Å². The molecule has 2 heteroatoms. The predicted molar refractivity (Wildman–Crippen MR) is 45.0 cm³/mol. The van der Waals surface area contributed by atoms with Gasteiger partial charge in [-0.3, -0.25) is 4.79 Å². The Morgan fingerprint density at radius 1 is 1.36 bits per heavy atom. The van der Waals surface area contributed by atoms with Crippen LogP contribution in [0.1, 0.15) is 33.6 Å². The minimum atomic E-state index is -0.518. The highest BCUT2D eigenvalue weighted by molar-refractivity contribution is 5.77. The molecule has 0 atom stereocenters. The van der Waals surface area contributed by atoms with E-state index >= 15 is 0 Å². The SMILES string of the molecule is [CH2]C(CC)(CC)C(=O)OCC. The van der Waals surface area contributed by atoms with E-state index in [0.29, 0.717) is 6.61 Å². The fourth-order valence-corrected chi connectivity index (χ4v) is 0.823. The fraction of sp³-hybridized carbons (Fsp3) is 0.778. The molecular formula is C9H17O2. The van der Waals surface area contributed by atoms with Gasteiger partial charge in [0.2, 0.25) is 0 Å². The quantitative estimate of drug-likeness (QED) is 0.585. The van der Waals surface area contributed by atoms with Crippen molar-refractivity contribution in [2.75, 3.05) is 6.61 Å². The standard InChI is InChI=1S/C9H17O2/c1-5-9(4,6-2)8(10)11-7-3/h4-7H2,1-3H3. The van der Waals surface area contributed by atoms with Crippen LogP contribution in [0.15, 0.2) is 0 Å². The van der Waals surface area contributed by atoms with Crippen LogP contribution in [0, 0.1) is 12.3 Å². The molecule has 0 spiro atoms. The van der Waals surface area contributed by atoms with Crippen LogP contribution in [0.5, 0.6) is 0 Å². The minimum Gasteiger partial charge on any atom is -0.466 e. The summed E-state index contributed by atoms with van der Waals surface area (Å²) in [6, 6.07) is 0. The highest BCUT2D eigenvalue weighted by atomic mass is 16.5. The monoisotopic (exact) mass is 157 g/mol. The summed E-state index contributed by atoms with van der Waals surface area (Å²) in [6.45, 7) is 10.0. The van der Waals surface area contributed by atoms with Gasteiger partial charge in [0.25, 0.3) is 0 Å². The molecule has 1 radical (unpaired) electrons. The van der Waals surface area contributed by atoms with E-state index in [1.54, 1.807) is 0 Å². The molecule has 0 N–H and O–H groups in total. The Labute approximate surface area is 68.9 Å². The number of hydrogen-bond donors (Lipinski definition) is 0. The van der Waals surface area contributed by atoms with Crippen molar-refractivity contribution in [2.24, 2.45) is 5.41 Å². The number of carbonyl (C=O) groups is 1. The second kappa shape index (κ2) is 4.37. The Morgan fingerprint density at radius 2 is 1.82 bits per heavy atom. The average molecular weight is 157 g/mol. The first-order valence-electron chi connectivity index (χ1n) is 4.13. The highest BCUT2D eigenvalue weighted by Crippen LogP contribution is 2.26. The molecule has 11 heavy (non-hydrogen) atoms. The fourth-order valence-electron chi connectivity index (χ4n) is 0.823. The van der Waals surface area contributed by atoms with Gasteiger partial charge in [0, 0.05) is 0 Å². The molecule has 0 heterocycles. The van der Waals surface area contributed by atoms with Crippen molar-refractivity contribution < 1.29 is 9.53 Å². The van der Waals surface area contributed by atoms with Gasteiger partial charge >= 0.3 is 5.97 Å². The molecule has 0 unspecified atom stereocenters. The maximum Gasteiger partial charge on any atom is 0.312 e. The third-order valence-corrected chi connectivity index (χ3v) is 2.06. The molecule has 0 rings (SSSR count). The first-order chi connectivity index (χ1) is 5.10. The molecule has 2 nitrogen and oxygen atoms in total. The van der Waals surface area contributed by atoms with E-state index in [2.05, 4.69) is 6.92 Å². The lowest BCUT2D eigenvalue weighted by Crippen LogP contribution is -2.28. The van der Waals surface area contributed by atoms with Crippen LogP contribution in [0.2, 0.25) is 0 Å². The summed E-state index contributed by atoms with van der Waals surface area (Å²) in [7, 11) is 0. The summed E-state index contributed by atoms with van der Waals surface area (Å²) in [6.07, 6.45) is 1.48. The number of esters is 1. The molecule has 0 aromatic heterocycles. The van der Waals surface area contributed by atoms with Gasteiger partial charge in [-0.25, -0.2) is 0 Å². The van der Waals surface area contributed by atoms with Crippen LogP contribution < -0.4 is 0 Å². The molecule has 0 amide bonds. The van der Waals surface area contributed by atoms with Crippen LogP contribution in [0.3, 0.4) is 0 Å². The number of carbonyl (C=O) groups excluding carboxylic acids is 1. The Balaban J connectivity index is 4.12. The van der Waals surface area contributed by atoms with Crippen molar-refractivity contribution in [3.05, 3.63) is 6.92 Å². The Hall–Kier alpha value is -0.530. The van der Waals surface area contributed by atoms with Crippen molar-refractivity contribution in [3.8, 4) is 0 Å². The van der Waals surface area contributed by atoms with Crippen molar-refractivity contribution in [1.29, 1.82) is 0 Å². The summed E-state index contributed by atoms with van der Waals surface area (Å²) >= 11 is 0. The molecule has 65 valence electrons. The number of ether oxygens (including phenoxy) is 1. The van der Waals surface area contributed by atoms with Gasteiger partial charge < -0.3 is 4.74 Å². The molecule has 0 aliphatic rings. The lowest BCUT2D eigenvalue weighted by molar-refractivity contribution is -0.153. The summed E-state index contributed by atoms with van der Waals surface area (Å²) in [5, 5.41) is 0. The normalized spacial score (nSPS) is 11.3. The third-order valence-electron chi connectivity index (χ3n) is 2.06. The summed E-state index contributed by atoms with van der Waals surface area (Å²) in [5.74, 6) is -0.176. The van der Waals surface area contributed by atoms with E-state index in [9.17, 15) is 4.79 Å². The summed E-state index contributed by atoms with van der Waals surface area (Å²) in [5.41, 5.74) is -0.518. The van der Waals surface area contributed by atoms with Crippen LogP contribution in [-0.2, 0) is 9.53 Å². The van der Waals surface area contributed by atoms with Crippen LogP contribution >= 0.6 is 0 Å². The Morgan fingerprint density at radius 3 is 2.09 bits per heavy atom. The lowest BCUT2D eigenvalue weighted by Gasteiger charge is -2.23. The molecule has 0 saturated heterocycles. The first-order valence-corrected chi connectivity index (χ1v) is 4.13. The van der Waals surface area contributed by atoms with E-state index in [-0.39, 0.29) is 5.97 Å². The van der Waals surface area contributed by atoms with Gasteiger partial charge in [0.15, 0.2) is 0 Å². The molecule has 0 bridgehead atoms. The van der Waals surface area contributed by atoms with Crippen LogP contribution in [-0.4, -0.2) is 12.6 Å². The van der Waals surface area contributed by atoms with E-state index in [4.69, 9.17) is 4.74 Å². The maximum absolute atomic E-state index is 11.2. The molecular weight excluding hydrogens is 140 g/mol. The van der Waals surface area contributed by atoms with E-state index in [1.807, 2.05) is 20.8 Å². The van der Waals surface area contributed by atoms with Gasteiger partial charge in [0.05, 0.1) is 12.0 Å². The predicted octanol–water partition coefficient (Wildman–Crippen LogP) is 2.19.